The van der Waals surface area contributed by atoms with Crippen molar-refractivity contribution in [2.24, 2.45) is 11.8 Å². The number of benzene rings is 4. The van der Waals surface area contributed by atoms with Crippen LogP contribution in [0.5, 0.6) is 11.5 Å². The van der Waals surface area contributed by atoms with Crippen molar-refractivity contribution < 1.29 is 57.5 Å². The molecule has 2 unspecified atom stereocenters. The average Bonchev–Trinajstić information content (AvgIpc) is 4.11. The molecule has 2 heterocycles. The van der Waals surface area contributed by atoms with E-state index in [2.05, 4.69) is 10.6 Å². The lowest BCUT2D eigenvalue weighted by atomic mass is 9.69. The summed E-state index contributed by atoms with van der Waals surface area (Å²) in [4.78, 5) is 50.4. The third kappa shape index (κ3) is 9.89. The molecule has 2 atom stereocenters. The van der Waals surface area contributed by atoms with Crippen molar-refractivity contribution >= 4 is 35.1 Å². The maximum absolute atomic E-state index is 14.1. The van der Waals surface area contributed by atoms with Gasteiger partial charge in [-0.3, -0.25) is 9.59 Å². The van der Waals surface area contributed by atoms with Crippen LogP contribution >= 0.6 is 0 Å². The van der Waals surface area contributed by atoms with Gasteiger partial charge in [-0.05, 0) is 134 Å². The second-order valence-corrected chi connectivity index (χ2v) is 19.2. The van der Waals surface area contributed by atoms with Crippen molar-refractivity contribution in [2.45, 2.75) is 127 Å². The van der Waals surface area contributed by atoms with E-state index in [1.807, 2.05) is 13.8 Å². The molecule has 2 fully saturated rings. The number of aromatic hydroxyl groups is 1. The number of phenols is 1. The van der Waals surface area contributed by atoms with Crippen molar-refractivity contribution in [1.82, 2.24) is 0 Å². The lowest BCUT2D eigenvalue weighted by Gasteiger charge is -2.39. The Hall–Kier alpha value is -5.86. The van der Waals surface area contributed by atoms with E-state index in [0.717, 1.165) is 38.5 Å². The van der Waals surface area contributed by atoms with Crippen LogP contribution in [-0.2, 0) is 43.1 Å². The van der Waals surface area contributed by atoms with Gasteiger partial charge in [-0.25, -0.2) is 18.4 Å². The molecule has 4 aromatic carbocycles. The Labute approximate surface area is 377 Å². The Kier molecular flexibility index (Phi) is 13.5. The van der Waals surface area contributed by atoms with E-state index < -0.39 is 51.5 Å². The van der Waals surface area contributed by atoms with Gasteiger partial charge in [0.1, 0.15) is 47.5 Å². The predicted octanol–water partition coefficient (Wildman–Crippen LogP) is 9.16. The zero-order valence-electron chi connectivity index (χ0n) is 37.5. The van der Waals surface area contributed by atoms with Gasteiger partial charge in [0.15, 0.2) is 0 Å². The Morgan fingerprint density at radius 3 is 1.51 bits per heavy atom. The molecule has 4 aliphatic rings. The van der Waals surface area contributed by atoms with E-state index in [1.165, 1.54) is 37.4 Å². The number of nitrogens with one attached hydrogen (secondary N) is 2. The number of anilines is 2. The largest absolute Gasteiger partial charge is 0.508 e. The maximum atomic E-state index is 14.1. The molecule has 0 saturated heterocycles. The molecule has 2 aliphatic heterocycles. The molecule has 2 aliphatic carbocycles. The molecule has 0 spiro atoms. The summed E-state index contributed by atoms with van der Waals surface area (Å²) in [6, 6.07) is 17.9. The Balaban J connectivity index is 0.000000194. The molecular weight excluding hydrogens is 839 g/mol. The van der Waals surface area contributed by atoms with Crippen molar-refractivity contribution in [3.05, 3.63) is 118 Å². The minimum absolute atomic E-state index is 0.0139. The highest BCUT2D eigenvalue weighted by Gasteiger charge is 2.50. The van der Waals surface area contributed by atoms with E-state index in [4.69, 9.17) is 14.2 Å². The molecule has 4 aromatic rings. The Bertz CT molecular complexity index is 2480. The fourth-order valence-corrected chi connectivity index (χ4v) is 10.3. The van der Waals surface area contributed by atoms with Gasteiger partial charge >= 0.3 is 11.9 Å². The van der Waals surface area contributed by atoms with E-state index in [0.29, 0.717) is 63.3 Å². The van der Waals surface area contributed by atoms with Gasteiger partial charge in [0.2, 0.25) is 0 Å². The van der Waals surface area contributed by atoms with Crippen LogP contribution in [0.25, 0.3) is 0 Å². The molecule has 0 aromatic heterocycles. The Morgan fingerprint density at radius 1 is 0.646 bits per heavy atom. The number of amides is 2. The van der Waals surface area contributed by atoms with Crippen molar-refractivity contribution in [1.29, 1.82) is 0 Å². The molecule has 2 saturated carbocycles. The molecule has 0 radical (unpaired) electrons. The van der Waals surface area contributed by atoms with Crippen LogP contribution in [-0.4, -0.2) is 57.4 Å². The monoisotopic (exact) mass is 896 g/mol. The third-order valence-corrected chi connectivity index (χ3v) is 13.7. The lowest BCUT2D eigenvalue weighted by molar-refractivity contribution is -0.143. The molecule has 346 valence electrons. The third-order valence-electron chi connectivity index (χ3n) is 13.7. The number of methoxy groups -OCH3 is 1. The van der Waals surface area contributed by atoms with E-state index in [9.17, 15) is 43.3 Å². The minimum atomic E-state index is -1.72. The van der Waals surface area contributed by atoms with Gasteiger partial charge < -0.3 is 40.2 Å². The summed E-state index contributed by atoms with van der Waals surface area (Å²) in [5, 5.41) is 39.6. The van der Waals surface area contributed by atoms with Crippen molar-refractivity contribution in [3.8, 4) is 11.5 Å². The van der Waals surface area contributed by atoms with Crippen LogP contribution in [0.4, 0.5) is 20.2 Å². The fourth-order valence-electron chi connectivity index (χ4n) is 10.3. The first kappa shape index (κ1) is 47.1. The Morgan fingerprint density at radius 2 is 1.06 bits per heavy atom. The van der Waals surface area contributed by atoms with Crippen LogP contribution in [0.3, 0.4) is 0 Å². The number of phenolic OH excluding ortho intramolecular Hbond substituents is 1. The molecule has 65 heavy (non-hydrogen) atoms. The second kappa shape index (κ2) is 18.6. The standard InChI is InChI=1S/C26H30FNO5.C25H28FNO5/c1-25(2,21-13-18(27)8-11-22(21)32-3)15-26(31,17-6-4-5-7-17)24(30)28-19-9-10-20-16(12-19)14-33-23(20)29;1-24(2,20-12-17(26)7-10-21(20)28)14-25(31,16-5-3-4-6-16)23(30)27-18-8-9-19-15(11-18)13-32-22(19)29/h8-13,17,31H,4-7,14-15H2,1-3H3,(H,28,30);7-12,16,28,31H,3-6,13-14H2,1-2H3,(H,27,30). The molecule has 12 nitrogen and oxygen atoms in total. The number of cyclic esters (lactones) is 2. The summed E-state index contributed by atoms with van der Waals surface area (Å²) >= 11 is 0. The molecular formula is C51H58F2N2O10. The smallest absolute Gasteiger partial charge is 0.338 e. The highest BCUT2D eigenvalue weighted by Crippen LogP contribution is 2.47. The number of hydrogen-bond acceptors (Lipinski definition) is 10. The number of esters is 2. The number of carbonyl (C=O) groups is 4. The molecule has 8 rings (SSSR count). The molecule has 0 bridgehead atoms. The predicted molar refractivity (Wildman–Crippen MR) is 239 cm³/mol. The van der Waals surface area contributed by atoms with Gasteiger partial charge in [0.05, 0.1) is 18.2 Å². The van der Waals surface area contributed by atoms with E-state index in [1.54, 1.807) is 56.3 Å². The molecule has 5 N–H and O–H groups in total. The summed E-state index contributed by atoms with van der Waals surface area (Å²) in [5.41, 5.74) is -0.766. The number of halogens is 2. The van der Waals surface area contributed by atoms with E-state index >= 15 is 0 Å². The normalized spacial score (nSPS) is 18.0. The minimum Gasteiger partial charge on any atom is -0.508 e. The van der Waals surface area contributed by atoms with Crippen LogP contribution < -0.4 is 15.4 Å². The zero-order chi connectivity index (χ0) is 46.9. The number of carbonyl (C=O) groups excluding carboxylic acids is 4. The summed E-state index contributed by atoms with van der Waals surface area (Å²) in [5.74, 6) is -2.73. The van der Waals surface area contributed by atoms with Crippen molar-refractivity contribution in [2.75, 3.05) is 17.7 Å². The van der Waals surface area contributed by atoms with E-state index in [-0.39, 0.29) is 49.6 Å². The highest BCUT2D eigenvalue weighted by molar-refractivity contribution is 6.00. The first-order valence-corrected chi connectivity index (χ1v) is 22.2. The number of hydrogen-bond donors (Lipinski definition) is 5. The highest BCUT2D eigenvalue weighted by atomic mass is 19.1. The fraction of sp³-hybridized carbons (Fsp3) is 0.451. The van der Waals surface area contributed by atoms with Crippen LogP contribution in [0.1, 0.15) is 135 Å². The van der Waals surface area contributed by atoms with Gasteiger partial charge in [-0.2, -0.15) is 0 Å². The van der Waals surface area contributed by atoms with Crippen LogP contribution in [0, 0.1) is 23.5 Å². The SMILES string of the molecule is CC(C)(CC(O)(C(=O)Nc1ccc2c(c1)COC2=O)C1CCCC1)c1cc(F)ccc1O.COc1ccc(F)cc1C(C)(C)CC(O)(C(=O)Nc1ccc2c(c1)COC2=O)C1CCCC1. The average molecular weight is 897 g/mol. The second-order valence-electron chi connectivity index (χ2n) is 19.2. The van der Waals surface area contributed by atoms with Gasteiger partial charge in [0, 0.05) is 33.6 Å². The number of aliphatic hydroxyl groups is 2. The van der Waals surface area contributed by atoms with Crippen LogP contribution in [0.2, 0.25) is 0 Å². The number of rotatable bonds is 13. The molecule has 14 heteroatoms. The zero-order valence-corrected chi connectivity index (χ0v) is 37.5. The quantitative estimate of drug-likeness (QED) is 0.0813. The number of ether oxygens (including phenoxy) is 3. The molecule has 2 amide bonds. The number of fused-ring (bicyclic) bond motifs is 2. The first-order valence-electron chi connectivity index (χ1n) is 22.2. The first-order chi connectivity index (χ1) is 30.7. The van der Waals surface area contributed by atoms with Gasteiger partial charge in [-0.1, -0.05) is 53.4 Å². The summed E-state index contributed by atoms with van der Waals surface area (Å²) in [6.45, 7) is 7.65. The maximum Gasteiger partial charge on any atom is 0.338 e. The lowest BCUT2D eigenvalue weighted by Crippen LogP contribution is -2.52. The summed E-state index contributed by atoms with van der Waals surface area (Å²) in [6.07, 6.45) is 6.75. The summed E-state index contributed by atoms with van der Waals surface area (Å²) < 4.78 is 43.5. The topological polar surface area (TPSA) is 181 Å². The van der Waals surface area contributed by atoms with Crippen LogP contribution in [0.15, 0.2) is 72.8 Å². The van der Waals surface area contributed by atoms with Crippen molar-refractivity contribution in [3.63, 3.8) is 0 Å². The summed E-state index contributed by atoms with van der Waals surface area (Å²) in [7, 11) is 1.52. The van der Waals surface area contributed by atoms with Gasteiger partial charge in [-0.15, -0.1) is 0 Å². The van der Waals surface area contributed by atoms with Gasteiger partial charge in [0.25, 0.3) is 11.8 Å².